The van der Waals surface area contributed by atoms with E-state index in [9.17, 15) is 34.8 Å². The first-order valence-corrected chi connectivity index (χ1v) is 11.3. The normalized spacial score (nSPS) is 12.5. The minimum Gasteiger partial charge on any atom is -0.435 e. The van der Waals surface area contributed by atoms with Gasteiger partial charge < -0.3 is 4.42 Å². The molecule has 0 bridgehead atoms. The first-order valence-electron chi connectivity index (χ1n) is 9.78. The van der Waals surface area contributed by atoms with Crippen LogP contribution in [0.4, 0.5) is 32.0 Å². The van der Waals surface area contributed by atoms with Crippen molar-refractivity contribution in [3.8, 4) is 22.8 Å². The molecule has 0 saturated heterocycles. The Bertz CT molecular complexity index is 1420. The van der Waals surface area contributed by atoms with Crippen LogP contribution < -0.4 is 4.72 Å². The molecule has 1 N–H and O–H groups in total. The van der Waals surface area contributed by atoms with Crippen LogP contribution in [0, 0.1) is 0 Å². The van der Waals surface area contributed by atoms with Crippen LogP contribution >= 0.6 is 0 Å². The van der Waals surface area contributed by atoms with E-state index in [0.717, 1.165) is 0 Å². The van der Waals surface area contributed by atoms with Crippen LogP contribution in [0.2, 0.25) is 0 Å². The molecule has 182 valence electrons. The van der Waals surface area contributed by atoms with Crippen molar-refractivity contribution in [3.63, 3.8) is 0 Å². The van der Waals surface area contributed by atoms with E-state index in [1.54, 1.807) is 53.3 Å². The van der Waals surface area contributed by atoms with E-state index in [-0.39, 0.29) is 35.4 Å². The maximum Gasteiger partial charge on any atom is 0.416 e. The Balaban J connectivity index is 1.84. The van der Waals surface area contributed by atoms with Gasteiger partial charge in [0.1, 0.15) is 0 Å². The second-order valence-corrected chi connectivity index (χ2v) is 8.88. The van der Waals surface area contributed by atoms with Crippen molar-refractivity contribution in [2.24, 2.45) is 0 Å². The summed E-state index contributed by atoms with van der Waals surface area (Å²) < 4.78 is 113. The van der Waals surface area contributed by atoms with Gasteiger partial charge in [0.2, 0.25) is 10.9 Å². The summed E-state index contributed by atoms with van der Waals surface area (Å²) >= 11 is 0. The third-order valence-corrected chi connectivity index (χ3v) is 6.04. The Kier molecular flexibility index (Phi) is 6.09. The predicted octanol–water partition coefficient (Wildman–Crippen LogP) is 6.85. The van der Waals surface area contributed by atoms with Crippen molar-refractivity contribution in [1.82, 2.24) is 4.98 Å². The average molecular weight is 512 g/mol. The minimum atomic E-state index is -5.15. The summed E-state index contributed by atoms with van der Waals surface area (Å²) in [5.41, 5.74) is -3.58. The number of rotatable bonds is 5. The van der Waals surface area contributed by atoms with Gasteiger partial charge in [0.25, 0.3) is 10.0 Å². The number of nitrogens with one attached hydrogen (secondary N) is 1. The summed E-state index contributed by atoms with van der Waals surface area (Å²) in [7, 11) is -4.79. The number of alkyl halides is 6. The zero-order chi connectivity index (χ0) is 25.4. The molecule has 0 amide bonds. The van der Waals surface area contributed by atoms with Crippen LogP contribution in [0.5, 0.6) is 0 Å². The fourth-order valence-electron chi connectivity index (χ4n) is 3.18. The predicted molar refractivity (Wildman–Crippen MR) is 115 cm³/mol. The van der Waals surface area contributed by atoms with Gasteiger partial charge in [0, 0.05) is 11.1 Å². The topological polar surface area (TPSA) is 72.2 Å². The molecule has 0 aliphatic rings. The number of oxazole rings is 1. The van der Waals surface area contributed by atoms with Gasteiger partial charge in [-0.2, -0.15) is 39.7 Å². The molecule has 12 heteroatoms. The monoisotopic (exact) mass is 512 g/mol. The van der Waals surface area contributed by atoms with E-state index >= 15 is 0 Å². The fraction of sp³-hybridized carbons (Fsp3) is 0.0870. The van der Waals surface area contributed by atoms with Crippen molar-refractivity contribution in [2.75, 3.05) is 4.72 Å². The highest BCUT2D eigenvalue weighted by Crippen LogP contribution is 2.39. The molecule has 0 radical (unpaired) electrons. The summed E-state index contributed by atoms with van der Waals surface area (Å²) in [4.78, 5) is 4.01. The molecule has 3 aromatic carbocycles. The number of halogens is 6. The van der Waals surface area contributed by atoms with E-state index in [2.05, 4.69) is 4.98 Å². The van der Waals surface area contributed by atoms with Gasteiger partial charge in [-0.3, -0.25) is 4.72 Å². The van der Waals surface area contributed by atoms with E-state index in [1.807, 2.05) is 0 Å². The SMILES string of the molecule is O=S(=O)(Nc1cc(C(F)(F)F)cc(C(F)(F)F)c1)c1nc(-c2ccccc2)oc1-c1ccccc1. The lowest BCUT2D eigenvalue weighted by molar-refractivity contribution is -0.143. The Hall–Kier alpha value is -3.80. The highest BCUT2D eigenvalue weighted by molar-refractivity contribution is 7.92. The van der Waals surface area contributed by atoms with Crippen LogP contribution in [0.25, 0.3) is 22.8 Å². The summed E-state index contributed by atoms with van der Waals surface area (Å²) in [5.74, 6) is -0.343. The first-order chi connectivity index (χ1) is 16.3. The molecule has 1 heterocycles. The van der Waals surface area contributed by atoms with Crippen LogP contribution in [0.1, 0.15) is 11.1 Å². The van der Waals surface area contributed by atoms with E-state index in [1.165, 1.54) is 12.1 Å². The van der Waals surface area contributed by atoms with Crippen LogP contribution in [0.3, 0.4) is 0 Å². The van der Waals surface area contributed by atoms with Crippen molar-refractivity contribution in [1.29, 1.82) is 0 Å². The lowest BCUT2D eigenvalue weighted by Gasteiger charge is -2.15. The van der Waals surface area contributed by atoms with Gasteiger partial charge in [-0.15, -0.1) is 0 Å². The summed E-state index contributed by atoms with van der Waals surface area (Å²) in [5, 5.41) is -0.700. The highest BCUT2D eigenvalue weighted by Gasteiger charge is 2.38. The molecule has 0 atom stereocenters. The van der Waals surface area contributed by atoms with Gasteiger partial charge in [-0.05, 0) is 30.3 Å². The third kappa shape index (κ3) is 5.32. The molecule has 35 heavy (non-hydrogen) atoms. The van der Waals surface area contributed by atoms with Crippen molar-refractivity contribution < 1.29 is 39.2 Å². The molecule has 4 rings (SSSR count). The molecule has 0 fully saturated rings. The first kappa shape index (κ1) is 24.3. The molecular weight excluding hydrogens is 498 g/mol. The molecule has 0 saturated carbocycles. The van der Waals surface area contributed by atoms with Gasteiger partial charge >= 0.3 is 12.4 Å². The second kappa shape index (κ2) is 8.77. The van der Waals surface area contributed by atoms with Crippen molar-refractivity contribution in [3.05, 3.63) is 90.0 Å². The van der Waals surface area contributed by atoms with Crippen molar-refractivity contribution >= 4 is 15.7 Å². The smallest absolute Gasteiger partial charge is 0.416 e. The van der Waals surface area contributed by atoms with Gasteiger partial charge in [0.15, 0.2) is 5.76 Å². The standard InChI is InChI=1S/C23H14F6N2O3S/c24-22(25,26)16-11-17(23(27,28)29)13-18(12-16)31-35(32,33)21-19(14-7-3-1-4-8-14)34-20(30-21)15-9-5-2-6-10-15/h1-13,31H. The quantitative estimate of drug-likeness (QED) is 0.297. The number of hydrogen-bond acceptors (Lipinski definition) is 4. The fourth-order valence-corrected chi connectivity index (χ4v) is 4.31. The molecule has 0 unspecified atom stereocenters. The minimum absolute atomic E-state index is 0.100. The Morgan fingerprint density at radius 2 is 1.20 bits per heavy atom. The number of aromatic nitrogens is 1. The summed E-state index contributed by atoms with van der Waals surface area (Å²) in [6.07, 6.45) is -10.3. The lowest BCUT2D eigenvalue weighted by atomic mass is 10.1. The third-order valence-electron chi connectivity index (χ3n) is 4.75. The van der Waals surface area contributed by atoms with E-state index in [4.69, 9.17) is 4.42 Å². The maximum atomic E-state index is 13.2. The largest absolute Gasteiger partial charge is 0.435 e. The molecular formula is C23H14F6N2O3S. The van der Waals surface area contributed by atoms with Gasteiger partial charge in [-0.1, -0.05) is 48.5 Å². The molecule has 0 aliphatic carbocycles. The van der Waals surface area contributed by atoms with Gasteiger partial charge in [0.05, 0.1) is 16.8 Å². The van der Waals surface area contributed by atoms with E-state index < -0.39 is 44.2 Å². The number of nitrogens with zero attached hydrogens (tertiary/aromatic N) is 1. The summed E-state index contributed by atoms with van der Waals surface area (Å²) in [6.45, 7) is 0. The molecule has 1 aromatic heterocycles. The number of hydrogen-bond donors (Lipinski definition) is 1. The van der Waals surface area contributed by atoms with Crippen LogP contribution in [-0.2, 0) is 22.4 Å². The van der Waals surface area contributed by atoms with Crippen LogP contribution in [-0.4, -0.2) is 13.4 Å². The molecule has 0 spiro atoms. The van der Waals surface area contributed by atoms with E-state index in [0.29, 0.717) is 5.56 Å². The van der Waals surface area contributed by atoms with Gasteiger partial charge in [-0.25, -0.2) is 0 Å². The Labute approximate surface area is 195 Å². The number of benzene rings is 3. The summed E-state index contributed by atoms with van der Waals surface area (Å²) in [6, 6.07) is 16.5. The number of sulfonamides is 1. The maximum absolute atomic E-state index is 13.2. The van der Waals surface area contributed by atoms with Crippen LogP contribution in [0.15, 0.2) is 88.3 Å². The Morgan fingerprint density at radius 3 is 1.69 bits per heavy atom. The van der Waals surface area contributed by atoms with Crippen molar-refractivity contribution in [2.45, 2.75) is 17.4 Å². The second-order valence-electron chi connectivity index (χ2n) is 7.29. The molecule has 5 nitrogen and oxygen atoms in total. The molecule has 0 aliphatic heterocycles. The highest BCUT2D eigenvalue weighted by atomic mass is 32.2. The number of anilines is 1. The zero-order valence-corrected chi connectivity index (χ0v) is 18.2. The average Bonchev–Trinajstić information content (AvgIpc) is 3.25. The lowest BCUT2D eigenvalue weighted by Crippen LogP contribution is -2.17. The molecule has 4 aromatic rings. The Morgan fingerprint density at radius 1 is 0.714 bits per heavy atom. The zero-order valence-electron chi connectivity index (χ0n) is 17.4.